The highest BCUT2D eigenvalue weighted by Gasteiger charge is 2.18. The molecule has 2 aromatic rings. The van der Waals surface area contributed by atoms with Crippen LogP contribution in [0.4, 0.5) is 0 Å². The molecule has 0 amide bonds. The van der Waals surface area contributed by atoms with E-state index >= 15 is 0 Å². The zero-order chi connectivity index (χ0) is 33.2. The number of hydrogen-bond acceptors (Lipinski definition) is 6. The summed E-state index contributed by atoms with van der Waals surface area (Å²) in [6.45, 7) is 4.18. The molecule has 2 N–H and O–H groups in total. The van der Waals surface area contributed by atoms with Crippen LogP contribution in [0, 0.1) is 0 Å². The van der Waals surface area contributed by atoms with E-state index in [2.05, 4.69) is 13.8 Å². The van der Waals surface area contributed by atoms with Crippen molar-refractivity contribution < 1.29 is 29.3 Å². The predicted molar refractivity (Wildman–Crippen MR) is 188 cm³/mol. The summed E-state index contributed by atoms with van der Waals surface area (Å²) in [6.07, 6.45) is 26.3. The lowest BCUT2D eigenvalue weighted by atomic mass is 10.0. The van der Waals surface area contributed by atoms with Gasteiger partial charge in [-0.15, -0.1) is 0 Å². The van der Waals surface area contributed by atoms with Gasteiger partial charge in [0.25, 0.3) is 0 Å². The minimum absolute atomic E-state index is 0.0374. The van der Waals surface area contributed by atoms with E-state index in [0.29, 0.717) is 12.8 Å². The summed E-state index contributed by atoms with van der Waals surface area (Å²) in [4.78, 5) is 25.3. The molecule has 0 aliphatic carbocycles. The Balaban J connectivity index is 1.66. The van der Waals surface area contributed by atoms with Crippen LogP contribution in [-0.4, -0.2) is 35.4 Å². The Kier molecular flexibility index (Phi) is 21.4. The molecule has 258 valence electrons. The summed E-state index contributed by atoms with van der Waals surface area (Å²) >= 11 is 0. The van der Waals surface area contributed by atoms with E-state index in [-0.39, 0.29) is 35.8 Å². The summed E-state index contributed by atoms with van der Waals surface area (Å²) in [6, 6.07) is 10.3. The molecule has 0 unspecified atom stereocenters. The van der Waals surface area contributed by atoms with Gasteiger partial charge >= 0.3 is 11.9 Å². The van der Waals surface area contributed by atoms with Crippen molar-refractivity contribution in [1.82, 2.24) is 0 Å². The SMILES string of the molecule is CCCCCCCCCCCCc1cccc(C(=O)OCCOC(=O)c2cccc(CCCCCCCCCCCC)c2O)c1O. The van der Waals surface area contributed by atoms with Crippen LogP contribution in [0.15, 0.2) is 36.4 Å². The second kappa shape index (κ2) is 25.1. The van der Waals surface area contributed by atoms with E-state index in [0.717, 1.165) is 36.8 Å². The van der Waals surface area contributed by atoms with E-state index < -0.39 is 11.9 Å². The van der Waals surface area contributed by atoms with E-state index in [4.69, 9.17) is 9.47 Å². The number of hydrogen-bond donors (Lipinski definition) is 2. The zero-order valence-corrected chi connectivity index (χ0v) is 29.0. The summed E-state index contributed by atoms with van der Waals surface area (Å²) in [7, 11) is 0. The van der Waals surface area contributed by atoms with Gasteiger partial charge in [0.2, 0.25) is 0 Å². The van der Waals surface area contributed by atoms with Crippen molar-refractivity contribution >= 4 is 11.9 Å². The minimum Gasteiger partial charge on any atom is -0.507 e. The molecule has 0 aliphatic rings. The molecule has 0 saturated heterocycles. The molecular formula is C40H62O6. The van der Waals surface area contributed by atoms with Gasteiger partial charge in [-0.05, 0) is 48.9 Å². The summed E-state index contributed by atoms with van der Waals surface area (Å²) < 4.78 is 10.6. The van der Waals surface area contributed by atoms with Crippen LogP contribution in [0.2, 0.25) is 0 Å². The number of carbonyl (C=O) groups is 2. The van der Waals surface area contributed by atoms with Crippen LogP contribution in [0.5, 0.6) is 11.5 Å². The van der Waals surface area contributed by atoms with Crippen LogP contribution >= 0.6 is 0 Å². The van der Waals surface area contributed by atoms with E-state index in [1.165, 1.54) is 103 Å². The standard InChI is InChI=1S/C40H62O6/c1-3-5-7-9-11-13-15-17-19-21-25-33-27-23-29-35(37(33)41)39(43)45-31-32-46-40(44)36-30-24-28-34(38(36)42)26-22-20-18-16-14-12-10-8-6-4-2/h23-24,27-30,41-42H,3-22,25-26,31-32H2,1-2H3. The molecule has 6 nitrogen and oxygen atoms in total. The van der Waals surface area contributed by atoms with Gasteiger partial charge in [0.15, 0.2) is 0 Å². The van der Waals surface area contributed by atoms with Crippen molar-refractivity contribution in [2.24, 2.45) is 0 Å². The lowest BCUT2D eigenvalue weighted by Crippen LogP contribution is -2.15. The Labute approximate surface area is 279 Å². The van der Waals surface area contributed by atoms with Crippen LogP contribution in [0.25, 0.3) is 0 Å². The fourth-order valence-corrected chi connectivity index (χ4v) is 5.95. The van der Waals surface area contributed by atoms with Gasteiger partial charge < -0.3 is 19.7 Å². The Morgan fingerprint density at radius 3 is 1.11 bits per heavy atom. The molecule has 0 heterocycles. The lowest BCUT2D eigenvalue weighted by Gasteiger charge is -2.11. The number of ether oxygens (including phenoxy) is 2. The molecule has 2 rings (SSSR count). The maximum atomic E-state index is 12.6. The number of unbranched alkanes of at least 4 members (excludes halogenated alkanes) is 18. The number of carbonyl (C=O) groups excluding carboxylic acids is 2. The molecular weight excluding hydrogens is 576 g/mol. The maximum Gasteiger partial charge on any atom is 0.342 e. The minimum atomic E-state index is -0.653. The average Bonchev–Trinajstić information content (AvgIpc) is 3.06. The largest absolute Gasteiger partial charge is 0.507 e. The van der Waals surface area contributed by atoms with Crippen LogP contribution in [-0.2, 0) is 22.3 Å². The number of benzene rings is 2. The summed E-state index contributed by atoms with van der Waals surface area (Å²) in [5, 5.41) is 21.4. The molecule has 0 atom stereocenters. The molecule has 46 heavy (non-hydrogen) atoms. The molecule has 2 aromatic carbocycles. The highest BCUT2D eigenvalue weighted by molar-refractivity contribution is 5.93. The zero-order valence-electron chi connectivity index (χ0n) is 29.0. The second-order valence-corrected chi connectivity index (χ2v) is 12.8. The van der Waals surface area contributed by atoms with Gasteiger partial charge in [0, 0.05) is 0 Å². The number of rotatable bonds is 27. The maximum absolute atomic E-state index is 12.6. The molecule has 0 spiro atoms. The van der Waals surface area contributed by atoms with Crippen molar-refractivity contribution in [2.75, 3.05) is 13.2 Å². The van der Waals surface area contributed by atoms with Gasteiger partial charge in [0.1, 0.15) is 35.8 Å². The number of phenolic OH excluding ortho intramolecular Hbond substituents is 2. The molecule has 0 aliphatic heterocycles. The first kappa shape index (κ1) is 39.2. The smallest absolute Gasteiger partial charge is 0.342 e. The van der Waals surface area contributed by atoms with Gasteiger partial charge in [-0.25, -0.2) is 9.59 Å². The van der Waals surface area contributed by atoms with E-state index in [1.807, 2.05) is 12.1 Å². The first-order valence-electron chi connectivity index (χ1n) is 18.5. The van der Waals surface area contributed by atoms with E-state index in [9.17, 15) is 19.8 Å². The molecule has 6 heteroatoms. The van der Waals surface area contributed by atoms with Gasteiger partial charge in [-0.1, -0.05) is 154 Å². The van der Waals surface area contributed by atoms with Crippen LogP contribution in [0.1, 0.15) is 174 Å². The molecule has 0 radical (unpaired) electrons. The van der Waals surface area contributed by atoms with Crippen LogP contribution in [0.3, 0.4) is 0 Å². The number of aromatic hydroxyl groups is 2. The highest BCUT2D eigenvalue weighted by atomic mass is 16.6. The van der Waals surface area contributed by atoms with Gasteiger partial charge in [-0.3, -0.25) is 0 Å². The third kappa shape index (κ3) is 16.0. The molecule has 0 saturated carbocycles. The molecule has 0 fully saturated rings. The van der Waals surface area contributed by atoms with Crippen molar-refractivity contribution in [3.63, 3.8) is 0 Å². The number of phenols is 2. The van der Waals surface area contributed by atoms with Gasteiger partial charge in [0.05, 0.1) is 0 Å². The Hall–Kier alpha value is -3.02. The summed E-state index contributed by atoms with van der Waals surface area (Å²) in [5.41, 5.74) is 1.73. The monoisotopic (exact) mass is 638 g/mol. The Bertz CT molecular complexity index is 1020. The fourth-order valence-electron chi connectivity index (χ4n) is 5.95. The number of aryl methyl sites for hydroxylation is 2. The lowest BCUT2D eigenvalue weighted by molar-refractivity contribution is 0.0262. The Morgan fingerprint density at radius 1 is 0.478 bits per heavy atom. The van der Waals surface area contributed by atoms with E-state index in [1.54, 1.807) is 24.3 Å². The van der Waals surface area contributed by atoms with Crippen molar-refractivity contribution in [2.45, 2.75) is 155 Å². The van der Waals surface area contributed by atoms with Crippen molar-refractivity contribution in [3.05, 3.63) is 58.7 Å². The highest BCUT2D eigenvalue weighted by Crippen LogP contribution is 2.27. The second-order valence-electron chi connectivity index (χ2n) is 12.8. The average molecular weight is 639 g/mol. The topological polar surface area (TPSA) is 93.1 Å². The molecule has 0 aromatic heterocycles. The number of esters is 2. The third-order valence-electron chi connectivity index (χ3n) is 8.83. The third-order valence-corrected chi connectivity index (χ3v) is 8.83. The quantitative estimate of drug-likeness (QED) is 0.0747. The van der Waals surface area contributed by atoms with Crippen molar-refractivity contribution in [1.29, 1.82) is 0 Å². The first-order chi connectivity index (χ1) is 22.5. The first-order valence-corrected chi connectivity index (χ1v) is 18.5. The predicted octanol–water partition coefficient (Wildman–Crippen LogP) is 11.0. The normalized spacial score (nSPS) is 11.1. The molecule has 0 bridgehead atoms. The Morgan fingerprint density at radius 2 is 0.783 bits per heavy atom. The summed E-state index contributed by atoms with van der Waals surface area (Å²) in [5.74, 6) is -1.38. The van der Waals surface area contributed by atoms with Crippen molar-refractivity contribution in [3.8, 4) is 11.5 Å². The van der Waals surface area contributed by atoms with Crippen LogP contribution < -0.4 is 0 Å². The fraction of sp³-hybridized carbons (Fsp3) is 0.650. The van der Waals surface area contributed by atoms with Gasteiger partial charge in [-0.2, -0.15) is 0 Å². The number of para-hydroxylation sites is 2.